The van der Waals surface area contributed by atoms with Crippen LogP contribution < -0.4 is 9.64 Å². The molecule has 4 rings (SSSR count). The van der Waals surface area contributed by atoms with Gasteiger partial charge in [0.1, 0.15) is 17.2 Å². The molecular weight excluding hydrogens is 574 g/mol. The fraction of sp³-hybridized carbons (Fsp3) is 0.462. The summed E-state index contributed by atoms with van der Waals surface area (Å²) in [5, 5.41) is 0. The van der Waals surface area contributed by atoms with Crippen LogP contribution in [-0.4, -0.2) is 33.8 Å². The number of nitrogens with zero attached hydrogens (tertiary/aromatic N) is 3. The number of aromatic nitrogens is 2. The van der Waals surface area contributed by atoms with Crippen LogP contribution in [0.3, 0.4) is 0 Å². The van der Waals surface area contributed by atoms with Crippen molar-refractivity contribution in [1.82, 2.24) is 9.55 Å². The van der Waals surface area contributed by atoms with Crippen molar-refractivity contribution in [3.05, 3.63) is 78.1 Å². The van der Waals surface area contributed by atoms with Gasteiger partial charge in [0.2, 0.25) is 5.91 Å². The van der Waals surface area contributed by atoms with Crippen molar-refractivity contribution in [3.63, 3.8) is 0 Å². The number of para-hydroxylation sites is 1. The van der Waals surface area contributed by atoms with Crippen LogP contribution in [0, 0.1) is 0 Å². The van der Waals surface area contributed by atoms with Crippen LogP contribution in [0.2, 0.25) is 0 Å². The normalized spacial score (nSPS) is 11.5. The molecular formula is C39H51N3O4. The highest BCUT2D eigenvalue weighted by Gasteiger charge is 2.20. The lowest BCUT2D eigenvalue weighted by atomic mass is 10.0. The quantitative estimate of drug-likeness (QED) is 0.0747. The molecule has 0 unspecified atom stereocenters. The van der Waals surface area contributed by atoms with Crippen molar-refractivity contribution in [2.45, 2.75) is 111 Å². The second-order valence-corrected chi connectivity index (χ2v) is 13.1. The SMILES string of the molecule is CCCCCCCCN(C(C)=O)c1ccc2nc(CCCC)n(Cc3ccc(-c4ccccc4OC(=O)OC(C)(C)C)cc3)c2c1. The number of carbonyl (C=O) groups is 2. The molecule has 0 saturated carbocycles. The number of hydrogen-bond acceptors (Lipinski definition) is 5. The fourth-order valence-corrected chi connectivity index (χ4v) is 5.68. The van der Waals surface area contributed by atoms with E-state index in [9.17, 15) is 9.59 Å². The van der Waals surface area contributed by atoms with Crippen molar-refractivity contribution < 1.29 is 19.1 Å². The number of imidazole rings is 1. The molecule has 0 bridgehead atoms. The van der Waals surface area contributed by atoms with E-state index in [0.717, 1.165) is 77.9 Å². The summed E-state index contributed by atoms with van der Waals surface area (Å²) in [6.45, 7) is 12.9. The average Bonchev–Trinajstić information content (AvgIpc) is 3.35. The van der Waals surface area contributed by atoms with Gasteiger partial charge < -0.3 is 18.9 Å². The Kier molecular flexibility index (Phi) is 12.4. The summed E-state index contributed by atoms with van der Waals surface area (Å²) in [5.74, 6) is 1.58. The Morgan fingerprint density at radius 3 is 2.24 bits per heavy atom. The minimum Gasteiger partial charge on any atom is -0.428 e. The van der Waals surface area contributed by atoms with Gasteiger partial charge in [-0.2, -0.15) is 0 Å². The third-order valence-corrected chi connectivity index (χ3v) is 8.07. The third-order valence-electron chi connectivity index (χ3n) is 8.07. The van der Waals surface area contributed by atoms with E-state index in [-0.39, 0.29) is 5.91 Å². The van der Waals surface area contributed by atoms with E-state index in [1.165, 1.54) is 25.7 Å². The molecule has 0 saturated heterocycles. The van der Waals surface area contributed by atoms with E-state index in [4.69, 9.17) is 14.5 Å². The van der Waals surface area contributed by atoms with Gasteiger partial charge in [-0.1, -0.05) is 94.8 Å². The maximum absolute atomic E-state index is 12.7. The lowest BCUT2D eigenvalue weighted by Crippen LogP contribution is -2.29. The number of anilines is 1. The topological polar surface area (TPSA) is 73.7 Å². The molecule has 0 N–H and O–H groups in total. The molecule has 0 aliphatic rings. The summed E-state index contributed by atoms with van der Waals surface area (Å²) in [4.78, 5) is 32.1. The Hall–Kier alpha value is -4.13. The van der Waals surface area contributed by atoms with Gasteiger partial charge in [-0.05, 0) is 69.0 Å². The first kappa shape index (κ1) is 34.7. The number of hydrogen-bond donors (Lipinski definition) is 0. The second kappa shape index (κ2) is 16.4. The molecule has 46 heavy (non-hydrogen) atoms. The largest absolute Gasteiger partial charge is 0.514 e. The van der Waals surface area contributed by atoms with Crippen molar-refractivity contribution in [2.24, 2.45) is 0 Å². The monoisotopic (exact) mass is 625 g/mol. The minimum absolute atomic E-state index is 0.0664. The number of ether oxygens (including phenoxy) is 2. The van der Waals surface area contributed by atoms with Crippen LogP contribution in [0.15, 0.2) is 66.7 Å². The number of amides is 1. The van der Waals surface area contributed by atoms with Gasteiger partial charge in [0.05, 0.1) is 11.0 Å². The third kappa shape index (κ3) is 9.68. The number of unbranched alkanes of at least 4 members (excludes halogenated alkanes) is 6. The molecule has 0 radical (unpaired) electrons. The number of rotatable bonds is 15. The van der Waals surface area contributed by atoms with Crippen LogP contribution in [0.25, 0.3) is 22.2 Å². The molecule has 7 nitrogen and oxygen atoms in total. The summed E-state index contributed by atoms with van der Waals surface area (Å²) in [5.41, 5.74) is 5.16. The van der Waals surface area contributed by atoms with E-state index in [1.807, 2.05) is 49.9 Å². The molecule has 246 valence electrons. The predicted octanol–water partition coefficient (Wildman–Crippen LogP) is 10.1. The highest BCUT2D eigenvalue weighted by atomic mass is 16.7. The molecule has 1 amide bonds. The predicted molar refractivity (Wildman–Crippen MR) is 188 cm³/mol. The number of carbonyl (C=O) groups excluding carboxylic acids is 2. The highest BCUT2D eigenvalue weighted by molar-refractivity contribution is 5.94. The smallest absolute Gasteiger partial charge is 0.428 e. The maximum Gasteiger partial charge on any atom is 0.514 e. The summed E-state index contributed by atoms with van der Waals surface area (Å²) >= 11 is 0. The minimum atomic E-state index is -0.724. The molecule has 0 fully saturated rings. The number of fused-ring (bicyclic) bond motifs is 1. The number of benzene rings is 3. The molecule has 1 aromatic heterocycles. The lowest BCUT2D eigenvalue weighted by Gasteiger charge is -2.21. The van der Waals surface area contributed by atoms with Crippen LogP contribution in [0.4, 0.5) is 10.5 Å². The van der Waals surface area contributed by atoms with Crippen molar-refractivity contribution in [3.8, 4) is 16.9 Å². The average molecular weight is 626 g/mol. The van der Waals surface area contributed by atoms with Gasteiger partial charge in [-0.25, -0.2) is 9.78 Å². The van der Waals surface area contributed by atoms with Gasteiger partial charge in [0.15, 0.2) is 0 Å². The second-order valence-electron chi connectivity index (χ2n) is 13.1. The molecule has 0 aliphatic carbocycles. The summed E-state index contributed by atoms with van der Waals surface area (Å²) < 4.78 is 13.2. The standard InChI is InChI=1S/C39H51N3O4/c1-7-9-11-12-13-16-26-41(29(3)43)32-24-25-34-35(27-32)42(37(40-34)19-10-8-2)28-30-20-22-31(23-21-30)33-17-14-15-18-36(33)45-38(44)46-39(4,5)6/h14-15,17-18,20-25,27H,7-13,16,19,26,28H2,1-6H3. The maximum atomic E-state index is 12.7. The zero-order valence-electron chi connectivity index (χ0n) is 28.6. The van der Waals surface area contributed by atoms with Crippen molar-refractivity contribution >= 4 is 28.8 Å². The van der Waals surface area contributed by atoms with E-state index >= 15 is 0 Å². The fourth-order valence-electron chi connectivity index (χ4n) is 5.68. The molecule has 4 aromatic rings. The van der Waals surface area contributed by atoms with Gasteiger partial charge in [-0.15, -0.1) is 0 Å². The molecule has 3 aromatic carbocycles. The van der Waals surface area contributed by atoms with Crippen LogP contribution in [0.5, 0.6) is 5.75 Å². The Morgan fingerprint density at radius 2 is 1.54 bits per heavy atom. The highest BCUT2D eigenvalue weighted by Crippen LogP contribution is 2.31. The first-order valence-electron chi connectivity index (χ1n) is 17.0. The first-order valence-corrected chi connectivity index (χ1v) is 17.0. The van der Waals surface area contributed by atoms with E-state index in [0.29, 0.717) is 12.3 Å². The van der Waals surface area contributed by atoms with E-state index in [1.54, 1.807) is 13.0 Å². The first-order chi connectivity index (χ1) is 22.1. The van der Waals surface area contributed by atoms with Crippen LogP contribution in [-0.2, 0) is 22.5 Å². The Bertz CT molecular complexity index is 1580. The molecule has 0 spiro atoms. The molecule has 0 aliphatic heterocycles. The van der Waals surface area contributed by atoms with Gasteiger partial charge >= 0.3 is 6.16 Å². The Balaban J connectivity index is 1.58. The van der Waals surface area contributed by atoms with Gasteiger partial charge in [0.25, 0.3) is 0 Å². The van der Waals surface area contributed by atoms with E-state index in [2.05, 4.69) is 54.8 Å². The Labute approximate surface area is 274 Å². The zero-order valence-corrected chi connectivity index (χ0v) is 28.6. The molecule has 1 heterocycles. The van der Waals surface area contributed by atoms with Gasteiger partial charge in [-0.3, -0.25) is 4.79 Å². The molecule has 0 atom stereocenters. The summed E-state index contributed by atoms with van der Waals surface area (Å²) in [6, 6.07) is 22.0. The van der Waals surface area contributed by atoms with Crippen molar-refractivity contribution in [1.29, 1.82) is 0 Å². The van der Waals surface area contributed by atoms with Gasteiger partial charge in [0, 0.05) is 37.7 Å². The van der Waals surface area contributed by atoms with Crippen LogP contribution in [0.1, 0.15) is 104 Å². The van der Waals surface area contributed by atoms with Crippen LogP contribution >= 0.6 is 0 Å². The Morgan fingerprint density at radius 1 is 0.848 bits per heavy atom. The molecule has 7 heteroatoms. The summed E-state index contributed by atoms with van der Waals surface area (Å²) in [6.07, 6.45) is 9.43. The van der Waals surface area contributed by atoms with Crippen molar-refractivity contribution in [2.75, 3.05) is 11.4 Å². The van der Waals surface area contributed by atoms with E-state index < -0.39 is 11.8 Å². The summed E-state index contributed by atoms with van der Waals surface area (Å²) in [7, 11) is 0. The number of aryl methyl sites for hydroxylation is 1. The zero-order chi connectivity index (χ0) is 33.1. The lowest BCUT2D eigenvalue weighted by molar-refractivity contribution is -0.116.